The smallest absolute Gasteiger partial charge is 0.274 e. The molecule has 17 heavy (non-hydrogen) atoms. The number of nitro groups is 1. The van der Waals surface area contributed by atoms with E-state index in [9.17, 15) is 15.2 Å². The van der Waals surface area contributed by atoms with E-state index in [1.54, 1.807) is 0 Å². The minimum Gasteiger partial charge on any atom is -0.391 e. The molecule has 0 heterocycles. The average molecular weight is 259 g/mol. The molecule has 2 atom stereocenters. The molecule has 0 aliphatic carbocycles. The molecular weight excluding hydrogens is 244 g/mol. The maximum absolute atomic E-state index is 10.8. The topological polar surface area (TPSA) is 89.4 Å². The van der Waals surface area contributed by atoms with Gasteiger partial charge in [0.05, 0.1) is 22.6 Å². The second-order valence-electron chi connectivity index (χ2n) is 3.84. The number of nitro benzene ring substituents is 1. The number of hydrogen-bond acceptors (Lipinski definition) is 4. The highest BCUT2D eigenvalue weighted by Crippen LogP contribution is 2.29. The summed E-state index contributed by atoms with van der Waals surface area (Å²) in [5.41, 5.74) is 5.97. The number of nitrogens with two attached hydrogens (primary N) is 1. The molecule has 0 amide bonds. The van der Waals surface area contributed by atoms with Gasteiger partial charge in [0.1, 0.15) is 0 Å². The summed E-state index contributed by atoms with van der Waals surface area (Å²) in [5, 5.41) is 21.0. The van der Waals surface area contributed by atoms with Crippen molar-refractivity contribution in [3.63, 3.8) is 0 Å². The van der Waals surface area contributed by atoms with Gasteiger partial charge in [0.2, 0.25) is 0 Å². The molecule has 0 unspecified atom stereocenters. The monoisotopic (exact) mass is 258 g/mol. The maximum Gasteiger partial charge on any atom is 0.274 e. The molecule has 1 aromatic carbocycles. The summed E-state index contributed by atoms with van der Waals surface area (Å²) in [6, 6.07) is 3.37. The number of nitrogens with zero attached hydrogens (tertiary/aromatic N) is 1. The van der Waals surface area contributed by atoms with Gasteiger partial charge in [0.25, 0.3) is 5.69 Å². The summed E-state index contributed by atoms with van der Waals surface area (Å²) < 4.78 is 0. The van der Waals surface area contributed by atoms with E-state index in [1.807, 2.05) is 6.92 Å². The molecule has 0 aromatic heterocycles. The SMILES string of the molecule is CCC[C@H](O)[C@H](N)c1cc(Cl)ccc1[N+](=O)[O-]. The zero-order chi connectivity index (χ0) is 13.0. The van der Waals surface area contributed by atoms with E-state index >= 15 is 0 Å². The molecule has 0 saturated carbocycles. The molecular formula is C11H15ClN2O3. The van der Waals surface area contributed by atoms with E-state index in [0.29, 0.717) is 11.4 Å². The molecule has 0 bridgehead atoms. The first-order chi connectivity index (χ1) is 7.97. The Balaban J connectivity index is 3.10. The van der Waals surface area contributed by atoms with Crippen molar-refractivity contribution in [2.75, 3.05) is 0 Å². The zero-order valence-electron chi connectivity index (χ0n) is 9.47. The van der Waals surface area contributed by atoms with Crippen LogP contribution in [0.25, 0.3) is 0 Å². The molecule has 6 heteroatoms. The predicted octanol–water partition coefficient (Wildman–Crippen LogP) is 2.41. The van der Waals surface area contributed by atoms with E-state index in [-0.39, 0.29) is 11.3 Å². The summed E-state index contributed by atoms with van der Waals surface area (Å²) in [6.45, 7) is 1.91. The second kappa shape index (κ2) is 5.95. The van der Waals surface area contributed by atoms with Crippen LogP contribution in [-0.4, -0.2) is 16.1 Å². The van der Waals surface area contributed by atoms with Crippen LogP contribution in [0.5, 0.6) is 0 Å². The Morgan fingerprint density at radius 3 is 2.76 bits per heavy atom. The lowest BCUT2D eigenvalue weighted by atomic mass is 9.98. The van der Waals surface area contributed by atoms with Gasteiger partial charge in [-0.25, -0.2) is 0 Å². The second-order valence-corrected chi connectivity index (χ2v) is 4.28. The van der Waals surface area contributed by atoms with Crippen molar-refractivity contribution in [2.45, 2.75) is 31.9 Å². The van der Waals surface area contributed by atoms with E-state index in [4.69, 9.17) is 17.3 Å². The zero-order valence-corrected chi connectivity index (χ0v) is 10.2. The van der Waals surface area contributed by atoms with Crippen LogP contribution >= 0.6 is 11.6 Å². The Hall–Kier alpha value is -1.17. The number of hydrogen-bond donors (Lipinski definition) is 2. The summed E-state index contributed by atoms with van der Waals surface area (Å²) in [5.74, 6) is 0. The number of rotatable bonds is 5. The molecule has 0 aliphatic heterocycles. The Kier molecular flexibility index (Phi) is 4.86. The third kappa shape index (κ3) is 3.39. The normalized spacial score (nSPS) is 14.4. The van der Waals surface area contributed by atoms with Crippen molar-refractivity contribution in [3.05, 3.63) is 38.9 Å². The number of aliphatic hydroxyl groups is 1. The number of benzene rings is 1. The van der Waals surface area contributed by atoms with Gasteiger partial charge >= 0.3 is 0 Å². The van der Waals surface area contributed by atoms with Crippen LogP contribution in [-0.2, 0) is 0 Å². The molecule has 0 fully saturated rings. The van der Waals surface area contributed by atoms with Gasteiger partial charge in [-0.1, -0.05) is 24.9 Å². The molecule has 0 spiro atoms. The van der Waals surface area contributed by atoms with Gasteiger partial charge in [-0.05, 0) is 18.6 Å². The van der Waals surface area contributed by atoms with Gasteiger partial charge < -0.3 is 10.8 Å². The number of aliphatic hydroxyl groups excluding tert-OH is 1. The molecule has 0 saturated heterocycles. The van der Waals surface area contributed by atoms with Gasteiger partial charge in [0.15, 0.2) is 0 Å². The highest BCUT2D eigenvalue weighted by Gasteiger charge is 2.24. The number of halogens is 1. The molecule has 5 nitrogen and oxygen atoms in total. The maximum atomic E-state index is 10.8. The molecule has 94 valence electrons. The molecule has 1 rings (SSSR count). The van der Waals surface area contributed by atoms with Crippen LogP contribution < -0.4 is 5.73 Å². The summed E-state index contributed by atoms with van der Waals surface area (Å²) in [4.78, 5) is 10.3. The standard InChI is InChI=1S/C11H15ClN2O3/c1-2-3-10(15)11(13)8-6-7(12)4-5-9(8)14(16)17/h4-6,10-11,15H,2-3,13H2,1H3/t10-,11+/m0/s1. The summed E-state index contributed by atoms with van der Waals surface area (Å²) in [7, 11) is 0. The Labute approximate surface area is 104 Å². The molecule has 0 aliphatic rings. The van der Waals surface area contributed by atoms with Crippen molar-refractivity contribution in [1.29, 1.82) is 0 Å². The summed E-state index contributed by atoms with van der Waals surface area (Å²) >= 11 is 5.79. The average Bonchev–Trinajstić information content (AvgIpc) is 2.27. The van der Waals surface area contributed by atoms with Gasteiger partial charge in [-0.2, -0.15) is 0 Å². The Bertz CT molecular complexity index is 412. The Morgan fingerprint density at radius 1 is 1.59 bits per heavy atom. The highest BCUT2D eigenvalue weighted by atomic mass is 35.5. The fraction of sp³-hybridized carbons (Fsp3) is 0.455. The van der Waals surface area contributed by atoms with Crippen LogP contribution in [0.3, 0.4) is 0 Å². The van der Waals surface area contributed by atoms with Crippen LogP contribution in [0.1, 0.15) is 31.4 Å². The predicted molar refractivity (Wildman–Crippen MR) is 65.9 cm³/mol. The fourth-order valence-corrected chi connectivity index (χ4v) is 1.82. The molecule has 3 N–H and O–H groups in total. The third-order valence-corrected chi connectivity index (χ3v) is 2.78. The van der Waals surface area contributed by atoms with E-state index < -0.39 is 17.1 Å². The van der Waals surface area contributed by atoms with E-state index in [0.717, 1.165) is 6.42 Å². The quantitative estimate of drug-likeness (QED) is 0.627. The Morgan fingerprint density at radius 2 is 2.24 bits per heavy atom. The highest BCUT2D eigenvalue weighted by molar-refractivity contribution is 6.30. The minimum absolute atomic E-state index is 0.114. The van der Waals surface area contributed by atoms with Crippen molar-refractivity contribution in [3.8, 4) is 0 Å². The summed E-state index contributed by atoms with van der Waals surface area (Å²) in [6.07, 6.45) is 0.436. The van der Waals surface area contributed by atoms with Crippen molar-refractivity contribution >= 4 is 17.3 Å². The molecule has 0 radical (unpaired) electrons. The van der Waals surface area contributed by atoms with Crippen LogP contribution in [0.4, 0.5) is 5.69 Å². The van der Waals surface area contributed by atoms with Crippen LogP contribution in [0.15, 0.2) is 18.2 Å². The van der Waals surface area contributed by atoms with Gasteiger partial charge in [0, 0.05) is 11.1 Å². The lowest BCUT2D eigenvalue weighted by Crippen LogP contribution is -2.26. The van der Waals surface area contributed by atoms with Gasteiger partial charge in [-0.3, -0.25) is 10.1 Å². The lowest BCUT2D eigenvalue weighted by Gasteiger charge is -2.18. The van der Waals surface area contributed by atoms with E-state index in [2.05, 4.69) is 0 Å². The van der Waals surface area contributed by atoms with Crippen molar-refractivity contribution < 1.29 is 10.0 Å². The van der Waals surface area contributed by atoms with E-state index in [1.165, 1.54) is 18.2 Å². The first-order valence-electron chi connectivity index (χ1n) is 5.34. The largest absolute Gasteiger partial charge is 0.391 e. The van der Waals surface area contributed by atoms with Crippen LogP contribution in [0.2, 0.25) is 5.02 Å². The lowest BCUT2D eigenvalue weighted by molar-refractivity contribution is -0.385. The molecule has 1 aromatic rings. The fourth-order valence-electron chi connectivity index (χ4n) is 1.64. The minimum atomic E-state index is -0.808. The van der Waals surface area contributed by atoms with Crippen molar-refractivity contribution in [1.82, 2.24) is 0 Å². The van der Waals surface area contributed by atoms with Crippen molar-refractivity contribution in [2.24, 2.45) is 5.73 Å². The van der Waals surface area contributed by atoms with Gasteiger partial charge in [-0.15, -0.1) is 0 Å². The first-order valence-corrected chi connectivity index (χ1v) is 5.72. The first kappa shape index (κ1) is 13.9. The third-order valence-electron chi connectivity index (χ3n) is 2.54. The van der Waals surface area contributed by atoms with Crippen LogP contribution in [0, 0.1) is 10.1 Å².